The zero-order valence-corrected chi connectivity index (χ0v) is 14.5. The number of nitrogens with zero attached hydrogens (tertiary/aromatic N) is 2. The Morgan fingerprint density at radius 1 is 1.14 bits per heavy atom. The lowest BCUT2D eigenvalue weighted by molar-refractivity contribution is -0.121. The number of likely N-dealkylation sites (N-methyl/N-ethyl adjacent to an activating group) is 1. The van der Waals surface area contributed by atoms with Gasteiger partial charge >= 0.3 is 0 Å². The molecule has 0 radical (unpaired) electrons. The van der Waals surface area contributed by atoms with Gasteiger partial charge in [0.25, 0.3) is 0 Å². The van der Waals surface area contributed by atoms with Gasteiger partial charge in [-0.25, -0.2) is 0 Å². The fourth-order valence-corrected chi connectivity index (χ4v) is 2.13. The quantitative estimate of drug-likeness (QED) is 0.825. The van der Waals surface area contributed by atoms with E-state index in [-0.39, 0.29) is 18.2 Å². The Hall–Kier alpha value is -1.30. The SMILES string of the molecule is CC(=O)N(CCC(=O)NCCN(C)C)c1ccc(Cl)c(Cl)c1. The standard InChI is InChI=1S/C15H21Cl2N3O2/c1-11(21)20(12-4-5-13(16)14(17)10-12)8-6-15(22)18-7-9-19(2)3/h4-5,10H,6-9H2,1-3H3,(H,18,22). The zero-order valence-electron chi connectivity index (χ0n) is 13.0. The van der Waals surface area contributed by atoms with Crippen LogP contribution in [0.4, 0.5) is 5.69 Å². The molecule has 1 aromatic rings. The van der Waals surface area contributed by atoms with Gasteiger partial charge in [0.1, 0.15) is 0 Å². The highest BCUT2D eigenvalue weighted by Gasteiger charge is 2.14. The van der Waals surface area contributed by atoms with Crippen molar-refractivity contribution in [3.63, 3.8) is 0 Å². The molecular weight excluding hydrogens is 325 g/mol. The Balaban J connectivity index is 2.60. The number of carbonyl (C=O) groups excluding carboxylic acids is 2. The number of benzene rings is 1. The van der Waals surface area contributed by atoms with Gasteiger partial charge < -0.3 is 15.1 Å². The van der Waals surface area contributed by atoms with E-state index in [2.05, 4.69) is 5.32 Å². The molecule has 5 nitrogen and oxygen atoms in total. The molecule has 0 unspecified atom stereocenters. The molecule has 1 rings (SSSR count). The van der Waals surface area contributed by atoms with Crippen LogP contribution < -0.4 is 10.2 Å². The minimum atomic E-state index is -0.153. The number of amides is 2. The van der Waals surface area contributed by atoms with Gasteiger partial charge in [0.15, 0.2) is 0 Å². The summed E-state index contributed by atoms with van der Waals surface area (Å²) in [5.41, 5.74) is 0.628. The van der Waals surface area contributed by atoms with Crippen molar-refractivity contribution in [1.29, 1.82) is 0 Å². The van der Waals surface area contributed by atoms with Crippen LogP contribution in [-0.4, -0.2) is 50.4 Å². The zero-order chi connectivity index (χ0) is 16.7. The largest absolute Gasteiger partial charge is 0.355 e. The van der Waals surface area contributed by atoms with E-state index in [4.69, 9.17) is 23.2 Å². The molecule has 2 amide bonds. The second-order valence-electron chi connectivity index (χ2n) is 5.17. The Morgan fingerprint density at radius 3 is 2.36 bits per heavy atom. The number of carbonyl (C=O) groups is 2. The number of hydrogen-bond donors (Lipinski definition) is 1. The topological polar surface area (TPSA) is 52.7 Å². The number of hydrogen-bond acceptors (Lipinski definition) is 3. The van der Waals surface area contributed by atoms with Crippen molar-refractivity contribution in [2.45, 2.75) is 13.3 Å². The maximum absolute atomic E-state index is 11.8. The molecule has 0 fully saturated rings. The summed E-state index contributed by atoms with van der Waals surface area (Å²) >= 11 is 11.8. The molecule has 0 heterocycles. The number of anilines is 1. The highest BCUT2D eigenvalue weighted by atomic mass is 35.5. The molecule has 0 saturated carbocycles. The van der Waals surface area contributed by atoms with E-state index in [1.54, 1.807) is 18.2 Å². The maximum atomic E-state index is 11.8. The van der Waals surface area contributed by atoms with Gasteiger partial charge in [-0.05, 0) is 32.3 Å². The summed E-state index contributed by atoms with van der Waals surface area (Å²) in [6, 6.07) is 4.96. The van der Waals surface area contributed by atoms with E-state index in [0.717, 1.165) is 6.54 Å². The second-order valence-corrected chi connectivity index (χ2v) is 5.99. The molecule has 0 aliphatic carbocycles. The number of halogens is 2. The monoisotopic (exact) mass is 345 g/mol. The lowest BCUT2D eigenvalue weighted by atomic mass is 10.2. The molecule has 22 heavy (non-hydrogen) atoms. The molecule has 1 N–H and O–H groups in total. The third kappa shape index (κ3) is 6.22. The van der Waals surface area contributed by atoms with Crippen molar-refractivity contribution < 1.29 is 9.59 Å². The van der Waals surface area contributed by atoms with Gasteiger partial charge in [0.05, 0.1) is 10.0 Å². The van der Waals surface area contributed by atoms with E-state index in [1.807, 2.05) is 19.0 Å². The van der Waals surface area contributed by atoms with Crippen LogP contribution in [0.1, 0.15) is 13.3 Å². The van der Waals surface area contributed by atoms with Crippen LogP contribution in [0.15, 0.2) is 18.2 Å². The van der Waals surface area contributed by atoms with E-state index < -0.39 is 0 Å². The Morgan fingerprint density at radius 2 is 1.82 bits per heavy atom. The molecule has 0 bridgehead atoms. The third-order valence-corrected chi connectivity index (χ3v) is 3.78. The van der Waals surface area contributed by atoms with Crippen molar-refractivity contribution in [3.8, 4) is 0 Å². The highest BCUT2D eigenvalue weighted by Crippen LogP contribution is 2.27. The van der Waals surface area contributed by atoms with Crippen molar-refractivity contribution in [2.24, 2.45) is 0 Å². The summed E-state index contributed by atoms with van der Waals surface area (Å²) in [6.45, 7) is 3.10. The van der Waals surface area contributed by atoms with Crippen LogP contribution in [-0.2, 0) is 9.59 Å². The third-order valence-electron chi connectivity index (χ3n) is 3.04. The molecule has 0 aliphatic heterocycles. The predicted octanol–water partition coefficient (Wildman–Crippen LogP) is 2.41. The number of nitrogens with one attached hydrogen (secondary N) is 1. The molecule has 122 valence electrons. The summed E-state index contributed by atoms with van der Waals surface area (Å²) in [6.07, 6.45) is 0.229. The van der Waals surface area contributed by atoms with Crippen molar-refractivity contribution >= 4 is 40.7 Å². The lowest BCUT2D eigenvalue weighted by Gasteiger charge is -2.21. The average molecular weight is 346 g/mol. The molecule has 0 aromatic heterocycles. The molecule has 1 aromatic carbocycles. The van der Waals surface area contributed by atoms with Gasteiger partial charge in [0.2, 0.25) is 11.8 Å². The van der Waals surface area contributed by atoms with Gasteiger partial charge in [-0.1, -0.05) is 23.2 Å². The first kappa shape index (κ1) is 18.7. The van der Waals surface area contributed by atoms with E-state index in [0.29, 0.717) is 28.8 Å². The van der Waals surface area contributed by atoms with E-state index in [9.17, 15) is 9.59 Å². The smallest absolute Gasteiger partial charge is 0.223 e. The van der Waals surface area contributed by atoms with E-state index >= 15 is 0 Å². The van der Waals surface area contributed by atoms with Crippen molar-refractivity contribution in [2.75, 3.05) is 38.6 Å². The van der Waals surface area contributed by atoms with Crippen molar-refractivity contribution in [3.05, 3.63) is 28.2 Å². The molecule has 7 heteroatoms. The molecule has 0 spiro atoms. The highest BCUT2D eigenvalue weighted by molar-refractivity contribution is 6.42. The summed E-state index contributed by atoms with van der Waals surface area (Å²) in [4.78, 5) is 27.0. The summed E-state index contributed by atoms with van der Waals surface area (Å²) < 4.78 is 0. The Labute approximate surface area is 141 Å². The van der Waals surface area contributed by atoms with Crippen molar-refractivity contribution in [1.82, 2.24) is 10.2 Å². The van der Waals surface area contributed by atoms with Crippen LogP contribution in [0.5, 0.6) is 0 Å². The van der Waals surface area contributed by atoms with Gasteiger partial charge in [-0.3, -0.25) is 9.59 Å². The van der Waals surface area contributed by atoms with Gasteiger partial charge in [-0.15, -0.1) is 0 Å². The molecule has 0 saturated heterocycles. The lowest BCUT2D eigenvalue weighted by Crippen LogP contribution is -2.36. The average Bonchev–Trinajstić information content (AvgIpc) is 2.42. The number of rotatable bonds is 7. The first-order valence-electron chi connectivity index (χ1n) is 6.96. The van der Waals surface area contributed by atoms with Crippen LogP contribution in [0.3, 0.4) is 0 Å². The minimum absolute atomic E-state index is 0.0897. The van der Waals surface area contributed by atoms with E-state index in [1.165, 1.54) is 11.8 Å². The molecular formula is C15H21Cl2N3O2. The fraction of sp³-hybridized carbons (Fsp3) is 0.467. The second kappa shape index (κ2) is 8.98. The molecule has 0 aliphatic rings. The van der Waals surface area contributed by atoms with Crippen LogP contribution >= 0.6 is 23.2 Å². The Kier molecular flexibility index (Phi) is 7.65. The first-order valence-corrected chi connectivity index (χ1v) is 7.71. The first-order chi connectivity index (χ1) is 10.3. The maximum Gasteiger partial charge on any atom is 0.223 e. The normalized spacial score (nSPS) is 10.6. The van der Waals surface area contributed by atoms with Crippen LogP contribution in [0.2, 0.25) is 10.0 Å². The van der Waals surface area contributed by atoms with Gasteiger partial charge in [-0.2, -0.15) is 0 Å². The van der Waals surface area contributed by atoms with Crippen LogP contribution in [0, 0.1) is 0 Å². The van der Waals surface area contributed by atoms with Gasteiger partial charge in [0, 0.05) is 38.7 Å². The fourth-order valence-electron chi connectivity index (χ4n) is 1.84. The summed E-state index contributed by atoms with van der Waals surface area (Å²) in [5, 5.41) is 3.62. The minimum Gasteiger partial charge on any atom is -0.355 e. The summed E-state index contributed by atoms with van der Waals surface area (Å²) in [7, 11) is 3.88. The summed E-state index contributed by atoms with van der Waals surface area (Å²) in [5.74, 6) is -0.243. The molecule has 0 atom stereocenters. The predicted molar refractivity (Wildman–Crippen MR) is 90.7 cm³/mol. The Bertz CT molecular complexity index is 536. The van der Waals surface area contributed by atoms with Crippen LogP contribution in [0.25, 0.3) is 0 Å².